The standard InChI is InChI=1S/C20H35NO5S2/c1-20(2,28(4)27)16-21(5-6-25-9-10-26-8-7-24-3)19-12-17(14-22)11-18(13-19)15-23/h11-13,22-23H,5-10,14-16H2,1-4H3. The Morgan fingerprint density at radius 3 is 2.00 bits per heavy atom. The molecule has 0 bridgehead atoms. The van der Waals surface area contributed by atoms with Crippen LogP contribution in [0.15, 0.2) is 18.2 Å². The molecular formula is C20H35NO5S2. The minimum Gasteiger partial charge on any atom is -0.392 e. The Kier molecular flexibility index (Phi) is 12.3. The molecule has 0 saturated heterocycles. The SMILES string of the molecule is COCCOCCOCCN(CC(C)(C)S(C)=S)c1cc(CO)cc(CO)c1. The normalized spacial score (nSPS) is 12.9. The van der Waals surface area contributed by atoms with Gasteiger partial charge in [0.05, 0.1) is 46.2 Å². The third-order valence-corrected chi connectivity index (χ3v) is 7.47. The number of anilines is 1. The molecule has 0 aliphatic rings. The Balaban J connectivity index is 2.76. The third kappa shape index (κ3) is 9.26. The van der Waals surface area contributed by atoms with Crippen molar-refractivity contribution in [1.82, 2.24) is 0 Å². The van der Waals surface area contributed by atoms with E-state index in [9.17, 15) is 10.2 Å². The first-order chi connectivity index (χ1) is 13.3. The molecule has 0 fully saturated rings. The molecule has 0 aromatic heterocycles. The zero-order chi connectivity index (χ0) is 21.0. The first-order valence-corrected chi connectivity index (χ1v) is 12.0. The predicted molar refractivity (Wildman–Crippen MR) is 119 cm³/mol. The number of hydrogen-bond acceptors (Lipinski definition) is 7. The number of ether oxygens (including phenoxy) is 3. The summed E-state index contributed by atoms with van der Waals surface area (Å²) in [5.41, 5.74) is 2.53. The Bertz CT molecular complexity index is 576. The van der Waals surface area contributed by atoms with Crippen molar-refractivity contribution >= 4 is 26.3 Å². The zero-order valence-corrected chi connectivity index (χ0v) is 19.1. The fraction of sp³-hybridized carbons (Fsp3) is 0.700. The van der Waals surface area contributed by atoms with Gasteiger partial charge < -0.3 is 29.3 Å². The van der Waals surface area contributed by atoms with Crippen LogP contribution in [0.5, 0.6) is 0 Å². The largest absolute Gasteiger partial charge is 0.392 e. The first-order valence-electron chi connectivity index (χ1n) is 9.41. The molecule has 0 radical (unpaired) electrons. The van der Waals surface area contributed by atoms with E-state index < -0.39 is 0 Å². The molecule has 1 atom stereocenters. The van der Waals surface area contributed by atoms with Crippen LogP contribution < -0.4 is 4.90 Å². The van der Waals surface area contributed by atoms with Gasteiger partial charge in [-0.1, -0.05) is 17.3 Å². The van der Waals surface area contributed by atoms with Gasteiger partial charge in [0.2, 0.25) is 0 Å². The van der Waals surface area contributed by atoms with Gasteiger partial charge in [-0.15, -0.1) is 9.45 Å². The lowest BCUT2D eigenvalue weighted by molar-refractivity contribution is 0.0264. The van der Waals surface area contributed by atoms with Gasteiger partial charge >= 0.3 is 0 Å². The van der Waals surface area contributed by atoms with Crippen molar-refractivity contribution in [3.63, 3.8) is 0 Å². The van der Waals surface area contributed by atoms with E-state index in [1.807, 2.05) is 18.2 Å². The molecule has 1 rings (SSSR count). The summed E-state index contributed by atoms with van der Waals surface area (Å²) in [6.45, 7) is 8.43. The number of aliphatic hydroxyl groups is 2. The van der Waals surface area contributed by atoms with Crippen molar-refractivity contribution in [2.45, 2.75) is 31.8 Å². The summed E-state index contributed by atoms with van der Waals surface area (Å²) in [5.74, 6) is 0. The highest BCUT2D eigenvalue weighted by molar-refractivity contribution is 8.29. The van der Waals surface area contributed by atoms with Crippen molar-refractivity contribution in [2.75, 3.05) is 64.4 Å². The average Bonchev–Trinajstić information content (AvgIpc) is 2.68. The Morgan fingerprint density at radius 2 is 1.50 bits per heavy atom. The van der Waals surface area contributed by atoms with E-state index in [0.29, 0.717) is 39.6 Å². The molecule has 6 nitrogen and oxygen atoms in total. The lowest BCUT2D eigenvalue weighted by Crippen LogP contribution is -2.43. The maximum Gasteiger partial charge on any atom is 0.0701 e. The fourth-order valence-electron chi connectivity index (χ4n) is 2.60. The predicted octanol–water partition coefficient (Wildman–Crippen LogP) is 1.65. The Hall–Kier alpha value is -0.610. The van der Waals surface area contributed by atoms with Gasteiger partial charge in [-0.25, -0.2) is 0 Å². The van der Waals surface area contributed by atoms with E-state index in [1.54, 1.807) is 7.11 Å². The summed E-state index contributed by atoms with van der Waals surface area (Å²) in [6, 6.07) is 5.73. The van der Waals surface area contributed by atoms with E-state index in [4.69, 9.17) is 25.4 Å². The molecule has 8 heteroatoms. The summed E-state index contributed by atoms with van der Waals surface area (Å²) >= 11 is 5.55. The molecular weight excluding hydrogens is 398 g/mol. The van der Waals surface area contributed by atoms with Crippen LogP contribution in [0.3, 0.4) is 0 Å². The van der Waals surface area contributed by atoms with E-state index in [0.717, 1.165) is 23.4 Å². The van der Waals surface area contributed by atoms with E-state index >= 15 is 0 Å². The highest BCUT2D eigenvalue weighted by Crippen LogP contribution is 2.24. The molecule has 28 heavy (non-hydrogen) atoms. The van der Waals surface area contributed by atoms with E-state index in [-0.39, 0.29) is 27.4 Å². The quantitative estimate of drug-likeness (QED) is 0.408. The summed E-state index contributed by atoms with van der Waals surface area (Å²) in [5, 5.41) is 19.1. The molecule has 1 unspecified atom stereocenters. The topological polar surface area (TPSA) is 71.4 Å². The second-order valence-corrected chi connectivity index (χ2v) is 10.7. The molecule has 0 aliphatic heterocycles. The van der Waals surface area contributed by atoms with Crippen molar-refractivity contribution in [1.29, 1.82) is 0 Å². The maximum absolute atomic E-state index is 9.56. The zero-order valence-electron chi connectivity index (χ0n) is 17.5. The number of rotatable bonds is 15. The van der Waals surface area contributed by atoms with Gasteiger partial charge in [0, 0.05) is 30.6 Å². The van der Waals surface area contributed by atoms with Crippen LogP contribution in [0.4, 0.5) is 5.69 Å². The van der Waals surface area contributed by atoms with Gasteiger partial charge in [-0.3, -0.25) is 0 Å². The van der Waals surface area contributed by atoms with E-state index in [1.165, 1.54) is 0 Å². The number of aliphatic hydroxyl groups excluding tert-OH is 2. The van der Waals surface area contributed by atoms with Crippen molar-refractivity contribution < 1.29 is 24.4 Å². The molecule has 1 aromatic carbocycles. The fourth-order valence-corrected chi connectivity index (χ4v) is 3.09. The second-order valence-electron chi connectivity index (χ2n) is 7.18. The molecule has 1 aromatic rings. The van der Waals surface area contributed by atoms with Gasteiger partial charge in [0.15, 0.2) is 0 Å². The molecule has 0 amide bonds. The highest BCUT2D eigenvalue weighted by atomic mass is 32.8. The summed E-state index contributed by atoms with van der Waals surface area (Å²) in [7, 11) is 1.47. The van der Waals surface area contributed by atoms with Crippen molar-refractivity contribution in [2.24, 2.45) is 0 Å². The van der Waals surface area contributed by atoms with Gasteiger partial charge in [-0.05, 0) is 43.4 Å². The summed E-state index contributed by atoms with van der Waals surface area (Å²) in [6.07, 6.45) is 2.07. The second kappa shape index (κ2) is 13.6. The average molecular weight is 434 g/mol. The van der Waals surface area contributed by atoms with Crippen LogP contribution in [0.1, 0.15) is 25.0 Å². The highest BCUT2D eigenvalue weighted by Gasteiger charge is 2.24. The molecule has 0 saturated carbocycles. The van der Waals surface area contributed by atoms with Crippen molar-refractivity contribution in [3.8, 4) is 0 Å². The molecule has 0 aliphatic carbocycles. The number of nitrogens with zero attached hydrogens (tertiary/aromatic N) is 1. The number of hydrogen-bond donors (Lipinski definition) is 2. The van der Waals surface area contributed by atoms with Crippen LogP contribution in [-0.2, 0) is 48.1 Å². The Labute approximate surface area is 176 Å². The van der Waals surface area contributed by atoms with E-state index in [2.05, 4.69) is 25.0 Å². The molecule has 2 N–H and O–H groups in total. The minimum atomic E-state index is -0.178. The Morgan fingerprint density at radius 1 is 0.964 bits per heavy atom. The molecule has 0 spiro atoms. The van der Waals surface area contributed by atoms with Gasteiger partial charge in [0.25, 0.3) is 0 Å². The maximum atomic E-state index is 9.56. The molecule has 162 valence electrons. The van der Waals surface area contributed by atoms with Crippen LogP contribution in [0.25, 0.3) is 0 Å². The number of methoxy groups -OCH3 is 1. The lowest BCUT2D eigenvalue weighted by atomic mass is 10.1. The van der Waals surface area contributed by atoms with Gasteiger partial charge in [-0.2, -0.15) is 0 Å². The van der Waals surface area contributed by atoms with Crippen LogP contribution in [0, 0.1) is 0 Å². The minimum absolute atomic E-state index is 0.0484. The van der Waals surface area contributed by atoms with Crippen LogP contribution in [-0.4, -0.2) is 74.4 Å². The van der Waals surface area contributed by atoms with Crippen molar-refractivity contribution in [3.05, 3.63) is 29.3 Å². The van der Waals surface area contributed by atoms with Gasteiger partial charge in [0.1, 0.15) is 0 Å². The number of benzene rings is 1. The smallest absolute Gasteiger partial charge is 0.0701 e. The first kappa shape index (κ1) is 25.4. The summed E-state index contributed by atoms with van der Waals surface area (Å²) in [4.78, 5) is 2.22. The summed E-state index contributed by atoms with van der Waals surface area (Å²) < 4.78 is 16.0. The monoisotopic (exact) mass is 433 g/mol. The van der Waals surface area contributed by atoms with Crippen LogP contribution >= 0.6 is 0 Å². The van der Waals surface area contributed by atoms with Crippen LogP contribution in [0.2, 0.25) is 0 Å². The molecule has 0 heterocycles. The lowest BCUT2D eigenvalue weighted by Gasteiger charge is -2.34. The third-order valence-electron chi connectivity index (χ3n) is 4.43.